The van der Waals surface area contributed by atoms with Gasteiger partial charge in [0.2, 0.25) is 11.8 Å². The lowest BCUT2D eigenvalue weighted by Gasteiger charge is -2.02. The summed E-state index contributed by atoms with van der Waals surface area (Å²) in [6.07, 6.45) is 1.69. The summed E-state index contributed by atoms with van der Waals surface area (Å²) in [5, 5.41) is 4.55. The normalized spacial score (nSPS) is 11.9. The third-order valence-corrected chi connectivity index (χ3v) is 6.51. The number of nitrogens with zero attached hydrogens (tertiary/aromatic N) is 2. The Morgan fingerprint density at radius 2 is 2.22 bits per heavy atom. The van der Waals surface area contributed by atoms with Crippen LogP contribution in [0.5, 0.6) is 0 Å². The first kappa shape index (κ1) is 19.5. The van der Waals surface area contributed by atoms with E-state index in [-0.39, 0.29) is 23.4 Å². The number of amides is 2. The van der Waals surface area contributed by atoms with E-state index in [0.717, 1.165) is 4.88 Å². The highest BCUT2D eigenvalue weighted by Crippen LogP contribution is 2.30. The number of carbonyl (C=O) groups is 2. The molecule has 0 saturated heterocycles. The molecule has 0 aliphatic carbocycles. The second-order valence-corrected chi connectivity index (χ2v) is 9.01. The third-order valence-electron chi connectivity index (χ3n) is 3.41. The highest BCUT2D eigenvalue weighted by atomic mass is 32.2. The molecule has 3 aromatic rings. The van der Waals surface area contributed by atoms with Crippen LogP contribution in [0.15, 0.2) is 40.2 Å². The van der Waals surface area contributed by atoms with Crippen LogP contribution in [0, 0.1) is 5.82 Å². The highest BCUT2D eigenvalue weighted by molar-refractivity contribution is 8.02. The molecule has 0 aliphatic heterocycles. The molecule has 1 atom stereocenters. The predicted molar refractivity (Wildman–Crippen MR) is 106 cm³/mol. The van der Waals surface area contributed by atoms with Crippen LogP contribution < -0.4 is 11.1 Å². The molecule has 10 heteroatoms. The minimum Gasteiger partial charge on any atom is -0.369 e. The van der Waals surface area contributed by atoms with Gasteiger partial charge in [0, 0.05) is 11.6 Å². The Hall–Kier alpha value is -2.30. The Morgan fingerprint density at radius 3 is 2.96 bits per heavy atom. The first-order chi connectivity index (χ1) is 12.9. The summed E-state index contributed by atoms with van der Waals surface area (Å²) in [6.45, 7) is 1.71. The van der Waals surface area contributed by atoms with Crippen molar-refractivity contribution in [3.05, 3.63) is 47.4 Å². The SMILES string of the molecule is CC(Sc1nc(CC(=O)Nc2ncc(-c3cccc(F)c3)s2)cs1)C(N)=O. The molecule has 0 aliphatic rings. The van der Waals surface area contributed by atoms with Gasteiger partial charge in [-0.15, -0.1) is 11.3 Å². The number of thiazole rings is 2. The van der Waals surface area contributed by atoms with Crippen molar-refractivity contribution in [3.8, 4) is 10.4 Å². The van der Waals surface area contributed by atoms with Crippen LogP contribution >= 0.6 is 34.4 Å². The summed E-state index contributed by atoms with van der Waals surface area (Å²) in [5.41, 5.74) is 6.55. The summed E-state index contributed by atoms with van der Waals surface area (Å²) >= 11 is 3.90. The van der Waals surface area contributed by atoms with Gasteiger partial charge in [0.15, 0.2) is 9.47 Å². The van der Waals surface area contributed by atoms with E-state index in [9.17, 15) is 14.0 Å². The van der Waals surface area contributed by atoms with Crippen LogP contribution in [0.25, 0.3) is 10.4 Å². The number of nitrogens with one attached hydrogen (secondary N) is 1. The number of anilines is 1. The van der Waals surface area contributed by atoms with Gasteiger partial charge in [0.1, 0.15) is 5.82 Å². The van der Waals surface area contributed by atoms with Gasteiger partial charge in [-0.2, -0.15) is 0 Å². The number of primary amides is 1. The second kappa shape index (κ2) is 8.59. The van der Waals surface area contributed by atoms with E-state index >= 15 is 0 Å². The van der Waals surface area contributed by atoms with E-state index in [2.05, 4.69) is 15.3 Å². The summed E-state index contributed by atoms with van der Waals surface area (Å²) in [5.74, 6) is -0.985. The lowest BCUT2D eigenvalue weighted by molar-refractivity contribution is -0.117. The van der Waals surface area contributed by atoms with Crippen LogP contribution in [-0.2, 0) is 16.0 Å². The van der Waals surface area contributed by atoms with E-state index in [4.69, 9.17) is 5.73 Å². The molecular formula is C17H15FN4O2S3. The van der Waals surface area contributed by atoms with Crippen molar-refractivity contribution in [1.29, 1.82) is 0 Å². The molecule has 2 amide bonds. The molecule has 0 radical (unpaired) electrons. The largest absolute Gasteiger partial charge is 0.369 e. The van der Waals surface area contributed by atoms with Gasteiger partial charge in [-0.3, -0.25) is 9.59 Å². The quantitative estimate of drug-likeness (QED) is 0.568. The maximum Gasteiger partial charge on any atom is 0.232 e. The van der Waals surface area contributed by atoms with Crippen molar-refractivity contribution < 1.29 is 14.0 Å². The van der Waals surface area contributed by atoms with Gasteiger partial charge >= 0.3 is 0 Å². The Kier molecular flexibility index (Phi) is 6.19. The molecule has 0 bridgehead atoms. The van der Waals surface area contributed by atoms with Gasteiger partial charge in [0.25, 0.3) is 0 Å². The number of carbonyl (C=O) groups excluding carboxylic acids is 2. The molecule has 6 nitrogen and oxygen atoms in total. The Morgan fingerprint density at radius 1 is 1.41 bits per heavy atom. The van der Waals surface area contributed by atoms with Gasteiger partial charge in [-0.05, 0) is 24.6 Å². The zero-order valence-electron chi connectivity index (χ0n) is 14.1. The molecule has 140 valence electrons. The lowest BCUT2D eigenvalue weighted by Crippen LogP contribution is -2.22. The predicted octanol–water partition coefficient (Wildman–Crippen LogP) is 3.55. The molecule has 1 aromatic carbocycles. The number of hydrogen-bond donors (Lipinski definition) is 2. The number of benzene rings is 1. The smallest absolute Gasteiger partial charge is 0.232 e. The zero-order chi connectivity index (χ0) is 19.4. The van der Waals surface area contributed by atoms with Crippen LogP contribution in [0.4, 0.5) is 9.52 Å². The minimum atomic E-state index is -0.410. The molecule has 0 saturated carbocycles. The number of aromatic nitrogens is 2. The fourth-order valence-corrected chi connectivity index (χ4v) is 4.83. The van der Waals surface area contributed by atoms with Gasteiger partial charge in [-0.25, -0.2) is 14.4 Å². The first-order valence-corrected chi connectivity index (χ1v) is 10.4. The molecule has 0 fully saturated rings. The molecule has 27 heavy (non-hydrogen) atoms. The number of thioether (sulfide) groups is 1. The van der Waals surface area contributed by atoms with E-state index in [1.54, 1.807) is 30.6 Å². The van der Waals surface area contributed by atoms with Gasteiger partial charge < -0.3 is 11.1 Å². The van der Waals surface area contributed by atoms with Crippen molar-refractivity contribution >= 4 is 51.4 Å². The van der Waals surface area contributed by atoms with Crippen molar-refractivity contribution in [3.63, 3.8) is 0 Å². The Balaban J connectivity index is 1.59. The molecule has 2 aromatic heterocycles. The van der Waals surface area contributed by atoms with Crippen LogP contribution in [0.3, 0.4) is 0 Å². The summed E-state index contributed by atoms with van der Waals surface area (Å²) in [7, 11) is 0. The van der Waals surface area contributed by atoms with Gasteiger partial charge in [-0.1, -0.05) is 35.2 Å². The fourth-order valence-electron chi connectivity index (χ4n) is 2.07. The first-order valence-electron chi connectivity index (χ1n) is 7.82. The van der Waals surface area contributed by atoms with Gasteiger partial charge in [0.05, 0.1) is 22.2 Å². The summed E-state index contributed by atoms with van der Waals surface area (Å²) in [6, 6.07) is 6.20. The molecule has 3 N–H and O–H groups in total. The number of hydrogen-bond acceptors (Lipinski definition) is 7. The van der Waals surface area contributed by atoms with Crippen molar-refractivity contribution in [2.24, 2.45) is 5.73 Å². The van der Waals surface area contributed by atoms with Crippen molar-refractivity contribution in [2.45, 2.75) is 22.9 Å². The van der Waals surface area contributed by atoms with Crippen LogP contribution in [0.2, 0.25) is 0 Å². The molecule has 0 spiro atoms. The maximum absolute atomic E-state index is 13.3. The Bertz CT molecular complexity index is 973. The highest BCUT2D eigenvalue weighted by Gasteiger charge is 2.15. The van der Waals surface area contributed by atoms with Crippen LogP contribution in [0.1, 0.15) is 12.6 Å². The van der Waals surface area contributed by atoms with E-state index < -0.39 is 5.91 Å². The molecule has 3 rings (SSSR count). The topological polar surface area (TPSA) is 98.0 Å². The monoisotopic (exact) mass is 422 g/mol. The van der Waals surface area contributed by atoms with Crippen LogP contribution in [-0.4, -0.2) is 27.0 Å². The van der Waals surface area contributed by atoms with Crippen molar-refractivity contribution in [1.82, 2.24) is 9.97 Å². The molecule has 2 heterocycles. The zero-order valence-corrected chi connectivity index (χ0v) is 16.6. The van der Waals surface area contributed by atoms with E-state index in [0.29, 0.717) is 20.7 Å². The molecule has 1 unspecified atom stereocenters. The third kappa shape index (κ3) is 5.34. The maximum atomic E-state index is 13.3. The average Bonchev–Trinajstić information content (AvgIpc) is 3.24. The minimum absolute atomic E-state index is 0.0941. The summed E-state index contributed by atoms with van der Waals surface area (Å²) < 4.78 is 14.0. The Labute approximate surface area is 167 Å². The number of rotatable bonds is 7. The van der Waals surface area contributed by atoms with E-state index in [1.807, 2.05) is 0 Å². The fraction of sp³-hybridized carbons (Fsp3) is 0.176. The number of nitrogens with two attached hydrogens (primary N) is 1. The standard InChI is InChI=1S/C17H15FN4O2S3/c1-9(15(19)24)26-17-21-12(8-25-17)6-14(23)22-16-20-7-13(27-16)10-3-2-4-11(18)5-10/h2-5,7-9H,6H2,1H3,(H2,19,24)(H,20,22,23). The second-order valence-electron chi connectivity index (χ2n) is 5.53. The summed E-state index contributed by atoms with van der Waals surface area (Å²) in [4.78, 5) is 32.6. The van der Waals surface area contributed by atoms with E-state index in [1.165, 1.54) is 46.6 Å². The lowest BCUT2D eigenvalue weighted by atomic mass is 10.2. The average molecular weight is 423 g/mol. The van der Waals surface area contributed by atoms with Crippen molar-refractivity contribution in [2.75, 3.05) is 5.32 Å². The molecular weight excluding hydrogens is 407 g/mol. The number of halogens is 1.